The van der Waals surface area contributed by atoms with Crippen LogP contribution in [0.3, 0.4) is 0 Å². The molecule has 2 aliphatic rings. The SMILES string of the molecule is CCCC(C)(CNC)CN1CCOC2CCCCC21. The van der Waals surface area contributed by atoms with Gasteiger partial charge in [-0.2, -0.15) is 0 Å². The summed E-state index contributed by atoms with van der Waals surface area (Å²) < 4.78 is 5.99. The van der Waals surface area contributed by atoms with E-state index in [-0.39, 0.29) is 0 Å². The minimum absolute atomic E-state index is 0.406. The summed E-state index contributed by atoms with van der Waals surface area (Å²) in [6.07, 6.45) is 8.46. The molecule has 1 aliphatic carbocycles. The molecule has 2 fully saturated rings. The molecule has 1 N–H and O–H groups in total. The van der Waals surface area contributed by atoms with Crippen molar-refractivity contribution in [1.82, 2.24) is 10.2 Å². The van der Waals surface area contributed by atoms with E-state index in [9.17, 15) is 0 Å². The lowest BCUT2D eigenvalue weighted by Crippen LogP contribution is -2.56. The maximum Gasteiger partial charge on any atom is 0.0730 e. The van der Waals surface area contributed by atoms with Crippen molar-refractivity contribution >= 4 is 0 Å². The van der Waals surface area contributed by atoms with Crippen LogP contribution in [0.4, 0.5) is 0 Å². The second-order valence-corrected chi connectivity index (χ2v) is 6.82. The standard InChI is InChI=1S/C16H32N2O/c1-4-9-16(2,12-17-3)13-18-10-11-19-15-8-6-5-7-14(15)18/h14-15,17H,4-13H2,1-3H3. The normalized spacial score (nSPS) is 31.7. The van der Waals surface area contributed by atoms with Crippen molar-refractivity contribution in [1.29, 1.82) is 0 Å². The third-order valence-corrected chi connectivity index (χ3v) is 4.89. The molecule has 1 saturated carbocycles. The largest absolute Gasteiger partial charge is 0.375 e. The average molecular weight is 268 g/mol. The molecule has 0 aromatic carbocycles. The highest BCUT2D eigenvalue weighted by atomic mass is 16.5. The van der Waals surface area contributed by atoms with E-state index in [2.05, 4.69) is 31.1 Å². The Labute approximate surface area is 119 Å². The summed E-state index contributed by atoms with van der Waals surface area (Å²) in [5, 5.41) is 3.40. The summed E-state index contributed by atoms with van der Waals surface area (Å²) in [6.45, 7) is 9.16. The molecule has 3 unspecified atom stereocenters. The quantitative estimate of drug-likeness (QED) is 0.801. The molecule has 1 aliphatic heterocycles. The highest BCUT2D eigenvalue weighted by molar-refractivity contribution is 4.91. The molecule has 2 rings (SSSR count). The van der Waals surface area contributed by atoms with Gasteiger partial charge in [0.25, 0.3) is 0 Å². The fraction of sp³-hybridized carbons (Fsp3) is 1.00. The van der Waals surface area contributed by atoms with Gasteiger partial charge in [0, 0.05) is 25.7 Å². The van der Waals surface area contributed by atoms with E-state index in [1.165, 1.54) is 45.1 Å². The molecule has 0 radical (unpaired) electrons. The van der Waals surface area contributed by atoms with Gasteiger partial charge in [-0.3, -0.25) is 4.90 Å². The second kappa shape index (κ2) is 7.05. The lowest BCUT2D eigenvalue weighted by Gasteiger charge is -2.47. The molecule has 3 nitrogen and oxygen atoms in total. The average Bonchev–Trinajstić information content (AvgIpc) is 2.39. The predicted octanol–water partition coefficient (Wildman–Crippen LogP) is 2.66. The molecule has 0 spiro atoms. The van der Waals surface area contributed by atoms with Crippen molar-refractivity contribution < 1.29 is 4.74 Å². The zero-order chi connectivity index (χ0) is 13.7. The lowest BCUT2D eigenvalue weighted by molar-refractivity contribution is -0.0981. The highest BCUT2D eigenvalue weighted by Crippen LogP contribution is 2.32. The van der Waals surface area contributed by atoms with E-state index in [1.807, 2.05) is 0 Å². The van der Waals surface area contributed by atoms with Crippen molar-refractivity contribution in [2.24, 2.45) is 5.41 Å². The molecule has 0 aromatic heterocycles. The van der Waals surface area contributed by atoms with Gasteiger partial charge >= 0.3 is 0 Å². The molecule has 112 valence electrons. The van der Waals surface area contributed by atoms with Gasteiger partial charge in [-0.25, -0.2) is 0 Å². The van der Waals surface area contributed by atoms with Crippen LogP contribution in [0.2, 0.25) is 0 Å². The molecule has 0 aromatic rings. The number of fused-ring (bicyclic) bond motifs is 1. The fourth-order valence-electron chi connectivity index (χ4n) is 4.12. The first-order valence-electron chi connectivity index (χ1n) is 8.19. The number of morpholine rings is 1. The van der Waals surface area contributed by atoms with E-state index in [0.29, 0.717) is 17.6 Å². The van der Waals surface area contributed by atoms with Crippen molar-refractivity contribution in [2.75, 3.05) is 33.3 Å². The summed E-state index contributed by atoms with van der Waals surface area (Å²) in [4.78, 5) is 2.74. The van der Waals surface area contributed by atoms with Crippen LogP contribution in [0.25, 0.3) is 0 Å². The van der Waals surface area contributed by atoms with Crippen molar-refractivity contribution in [3.63, 3.8) is 0 Å². The van der Waals surface area contributed by atoms with E-state index in [4.69, 9.17) is 4.74 Å². The lowest BCUT2D eigenvalue weighted by atomic mass is 9.82. The van der Waals surface area contributed by atoms with Crippen LogP contribution in [0.5, 0.6) is 0 Å². The summed E-state index contributed by atoms with van der Waals surface area (Å²) in [5.74, 6) is 0. The first kappa shape index (κ1) is 15.3. The number of hydrogen-bond donors (Lipinski definition) is 1. The van der Waals surface area contributed by atoms with Gasteiger partial charge in [0.05, 0.1) is 12.7 Å². The third kappa shape index (κ3) is 3.93. The summed E-state index contributed by atoms with van der Waals surface area (Å²) >= 11 is 0. The molecule has 0 amide bonds. The summed E-state index contributed by atoms with van der Waals surface area (Å²) in [5.41, 5.74) is 0.406. The van der Waals surface area contributed by atoms with Gasteiger partial charge in [-0.15, -0.1) is 0 Å². The maximum atomic E-state index is 5.99. The third-order valence-electron chi connectivity index (χ3n) is 4.89. The molecular formula is C16H32N2O. The molecule has 3 atom stereocenters. The van der Waals surface area contributed by atoms with Crippen LogP contribution < -0.4 is 5.32 Å². The molecule has 1 heterocycles. The maximum absolute atomic E-state index is 5.99. The summed E-state index contributed by atoms with van der Waals surface area (Å²) in [7, 11) is 2.08. The second-order valence-electron chi connectivity index (χ2n) is 6.82. The Bertz CT molecular complexity index is 261. The van der Waals surface area contributed by atoms with Crippen LogP contribution in [0.1, 0.15) is 52.4 Å². The van der Waals surface area contributed by atoms with E-state index < -0.39 is 0 Å². The Balaban J connectivity index is 1.98. The molecule has 0 bridgehead atoms. The van der Waals surface area contributed by atoms with Gasteiger partial charge in [-0.05, 0) is 31.7 Å². The Morgan fingerprint density at radius 2 is 2.11 bits per heavy atom. The number of ether oxygens (including phenoxy) is 1. The Hall–Kier alpha value is -0.120. The van der Waals surface area contributed by atoms with Crippen LogP contribution in [-0.2, 0) is 4.74 Å². The van der Waals surface area contributed by atoms with Gasteiger partial charge in [0.2, 0.25) is 0 Å². The molecule has 19 heavy (non-hydrogen) atoms. The Morgan fingerprint density at radius 3 is 2.84 bits per heavy atom. The van der Waals surface area contributed by atoms with Crippen molar-refractivity contribution in [2.45, 2.75) is 64.5 Å². The number of nitrogens with zero attached hydrogens (tertiary/aromatic N) is 1. The zero-order valence-corrected chi connectivity index (χ0v) is 13.1. The van der Waals surface area contributed by atoms with Crippen molar-refractivity contribution in [3.8, 4) is 0 Å². The number of nitrogens with one attached hydrogen (secondary N) is 1. The van der Waals surface area contributed by atoms with Crippen LogP contribution in [0, 0.1) is 5.41 Å². The highest BCUT2D eigenvalue weighted by Gasteiger charge is 2.37. The van der Waals surface area contributed by atoms with E-state index >= 15 is 0 Å². The van der Waals surface area contributed by atoms with Gasteiger partial charge in [-0.1, -0.05) is 33.1 Å². The van der Waals surface area contributed by atoms with E-state index in [1.54, 1.807) is 0 Å². The molecule has 1 saturated heterocycles. The number of rotatable bonds is 6. The fourth-order valence-corrected chi connectivity index (χ4v) is 4.12. The molecule has 3 heteroatoms. The monoisotopic (exact) mass is 268 g/mol. The Morgan fingerprint density at radius 1 is 1.32 bits per heavy atom. The molecular weight excluding hydrogens is 236 g/mol. The van der Waals surface area contributed by atoms with Gasteiger partial charge < -0.3 is 10.1 Å². The predicted molar refractivity (Wildman–Crippen MR) is 80.5 cm³/mol. The minimum Gasteiger partial charge on any atom is -0.375 e. The first-order chi connectivity index (χ1) is 9.18. The number of hydrogen-bond acceptors (Lipinski definition) is 3. The van der Waals surface area contributed by atoms with Crippen LogP contribution >= 0.6 is 0 Å². The Kier molecular flexibility index (Phi) is 5.67. The first-order valence-corrected chi connectivity index (χ1v) is 8.19. The topological polar surface area (TPSA) is 24.5 Å². The van der Waals surface area contributed by atoms with Crippen LogP contribution in [-0.4, -0.2) is 50.3 Å². The minimum atomic E-state index is 0.406. The van der Waals surface area contributed by atoms with E-state index in [0.717, 1.165) is 19.7 Å². The summed E-state index contributed by atoms with van der Waals surface area (Å²) in [6, 6.07) is 0.690. The van der Waals surface area contributed by atoms with Crippen molar-refractivity contribution in [3.05, 3.63) is 0 Å². The van der Waals surface area contributed by atoms with Crippen LogP contribution in [0.15, 0.2) is 0 Å². The van der Waals surface area contributed by atoms with Gasteiger partial charge in [0.15, 0.2) is 0 Å². The van der Waals surface area contributed by atoms with Gasteiger partial charge in [0.1, 0.15) is 0 Å². The zero-order valence-electron chi connectivity index (χ0n) is 13.1. The smallest absolute Gasteiger partial charge is 0.0730 e.